The number of aryl methyl sites for hydroxylation is 2. The topological polar surface area (TPSA) is 85.7 Å². The van der Waals surface area contributed by atoms with Crippen LogP contribution in [-0.4, -0.2) is 24.7 Å². The number of benzene rings is 1. The standard InChI is InChI=1S/C27H21ClF3N5O2/c1-15-11-18(22-8-9-32-35-22)17-5-3-7-24(25(17)34-15)38-14-19-21(28)12-16(2)33-23(19)13-36-10-4-6-20(26(36)37)27(29,30)31/h3-12H,13-14H2,1-2H3,(H,32,35). The molecule has 1 aromatic carbocycles. The molecule has 0 aliphatic carbocycles. The van der Waals surface area contributed by atoms with Gasteiger partial charge in [0.1, 0.15) is 23.4 Å². The Morgan fingerprint density at radius 3 is 2.58 bits per heavy atom. The van der Waals surface area contributed by atoms with Crippen LogP contribution in [0.2, 0.25) is 5.02 Å². The number of halogens is 4. The van der Waals surface area contributed by atoms with Crippen molar-refractivity contribution in [3.8, 4) is 17.0 Å². The van der Waals surface area contributed by atoms with Gasteiger partial charge in [-0.25, -0.2) is 4.98 Å². The summed E-state index contributed by atoms with van der Waals surface area (Å²) in [6.45, 7) is 3.33. The van der Waals surface area contributed by atoms with E-state index in [0.29, 0.717) is 33.2 Å². The average Bonchev–Trinajstić information content (AvgIpc) is 3.38. The number of aromatic amines is 1. The summed E-state index contributed by atoms with van der Waals surface area (Å²) in [7, 11) is 0. The van der Waals surface area contributed by atoms with E-state index >= 15 is 0 Å². The summed E-state index contributed by atoms with van der Waals surface area (Å²) in [5.41, 5.74) is 1.98. The van der Waals surface area contributed by atoms with Crippen molar-refractivity contribution < 1.29 is 17.9 Å². The predicted octanol–water partition coefficient (Wildman–Crippen LogP) is 6.10. The maximum atomic E-state index is 13.3. The number of aromatic nitrogens is 5. The zero-order chi connectivity index (χ0) is 27.0. The average molecular weight is 540 g/mol. The Bertz CT molecular complexity index is 1700. The number of nitrogens with zero attached hydrogens (tertiary/aromatic N) is 4. The molecule has 0 atom stereocenters. The lowest BCUT2D eigenvalue weighted by Gasteiger charge is -2.16. The van der Waals surface area contributed by atoms with Crippen molar-refractivity contribution in [2.75, 3.05) is 0 Å². The number of hydrogen-bond acceptors (Lipinski definition) is 5. The van der Waals surface area contributed by atoms with Crippen LogP contribution in [0.1, 0.15) is 28.2 Å². The molecule has 0 bridgehead atoms. The normalized spacial score (nSPS) is 11.7. The molecule has 38 heavy (non-hydrogen) atoms. The molecule has 0 fully saturated rings. The number of fused-ring (bicyclic) bond motifs is 1. The number of pyridine rings is 3. The van der Waals surface area contributed by atoms with E-state index in [1.807, 2.05) is 31.2 Å². The van der Waals surface area contributed by atoms with Crippen LogP contribution in [0.15, 0.2) is 65.7 Å². The summed E-state index contributed by atoms with van der Waals surface area (Å²) in [4.78, 5) is 21.7. The van der Waals surface area contributed by atoms with Gasteiger partial charge in [-0.3, -0.25) is 14.9 Å². The molecule has 0 unspecified atom stereocenters. The first kappa shape index (κ1) is 25.5. The fourth-order valence-electron chi connectivity index (χ4n) is 4.28. The summed E-state index contributed by atoms with van der Waals surface area (Å²) in [6, 6.07) is 12.9. The molecule has 0 saturated carbocycles. The predicted molar refractivity (Wildman–Crippen MR) is 137 cm³/mol. The lowest BCUT2D eigenvalue weighted by Crippen LogP contribution is -2.29. The fourth-order valence-corrected chi connectivity index (χ4v) is 4.60. The molecule has 0 saturated heterocycles. The van der Waals surface area contributed by atoms with E-state index in [-0.39, 0.29) is 13.2 Å². The summed E-state index contributed by atoms with van der Waals surface area (Å²) < 4.78 is 46.9. The van der Waals surface area contributed by atoms with Gasteiger partial charge in [-0.05, 0) is 50.2 Å². The number of para-hydroxylation sites is 1. The molecule has 0 aliphatic heterocycles. The van der Waals surface area contributed by atoms with Crippen molar-refractivity contribution in [1.82, 2.24) is 24.7 Å². The second kappa shape index (κ2) is 9.94. The molecule has 11 heteroatoms. The van der Waals surface area contributed by atoms with E-state index < -0.39 is 17.3 Å². The molecule has 4 heterocycles. The van der Waals surface area contributed by atoms with Gasteiger partial charge in [0, 0.05) is 40.3 Å². The molecule has 0 aliphatic rings. The Morgan fingerprint density at radius 2 is 1.84 bits per heavy atom. The third-order valence-electron chi connectivity index (χ3n) is 6.01. The molecule has 0 radical (unpaired) electrons. The van der Waals surface area contributed by atoms with Crippen molar-refractivity contribution in [3.05, 3.63) is 105 Å². The van der Waals surface area contributed by atoms with Gasteiger partial charge in [0.05, 0.1) is 23.0 Å². The molecule has 5 rings (SSSR count). The minimum Gasteiger partial charge on any atom is -0.486 e. The first-order chi connectivity index (χ1) is 18.1. The highest BCUT2D eigenvalue weighted by Crippen LogP contribution is 2.33. The van der Waals surface area contributed by atoms with Gasteiger partial charge in [-0.15, -0.1) is 0 Å². The molecule has 194 valence electrons. The lowest BCUT2D eigenvalue weighted by atomic mass is 10.0. The van der Waals surface area contributed by atoms with Gasteiger partial charge in [0.25, 0.3) is 5.56 Å². The van der Waals surface area contributed by atoms with Crippen LogP contribution in [0, 0.1) is 13.8 Å². The van der Waals surface area contributed by atoms with E-state index in [9.17, 15) is 18.0 Å². The Hall–Kier alpha value is -4.18. The van der Waals surface area contributed by atoms with Gasteiger partial charge >= 0.3 is 6.18 Å². The summed E-state index contributed by atoms with van der Waals surface area (Å²) in [5, 5.41) is 8.26. The lowest BCUT2D eigenvalue weighted by molar-refractivity contribution is -0.138. The van der Waals surface area contributed by atoms with Crippen LogP contribution in [0.3, 0.4) is 0 Å². The Balaban J connectivity index is 1.51. The number of nitrogens with one attached hydrogen (secondary N) is 1. The van der Waals surface area contributed by atoms with Crippen molar-refractivity contribution in [1.29, 1.82) is 0 Å². The van der Waals surface area contributed by atoms with Gasteiger partial charge in [0.15, 0.2) is 0 Å². The van der Waals surface area contributed by atoms with Gasteiger partial charge in [-0.1, -0.05) is 23.7 Å². The SMILES string of the molecule is Cc1cc(Cl)c(COc2cccc3c(-c4cc[nH]n4)cc(C)nc23)c(Cn2cccc(C(F)(F)F)c2=O)n1. The molecule has 5 aromatic rings. The van der Waals surface area contributed by atoms with E-state index in [2.05, 4.69) is 20.2 Å². The molecule has 0 amide bonds. The molecule has 1 N–H and O–H groups in total. The molecule has 7 nitrogen and oxygen atoms in total. The highest BCUT2D eigenvalue weighted by Gasteiger charge is 2.34. The second-order valence-electron chi connectivity index (χ2n) is 8.74. The van der Waals surface area contributed by atoms with Gasteiger partial charge in [-0.2, -0.15) is 18.3 Å². The number of H-pyrrole nitrogens is 1. The van der Waals surface area contributed by atoms with Crippen LogP contribution >= 0.6 is 11.6 Å². The minimum atomic E-state index is -4.77. The first-order valence-corrected chi connectivity index (χ1v) is 11.9. The number of ether oxygens (including phenoxy) is 1. The van der Waals surface area contributed by atoms with Crippen LogP contribution in [0.25, 0.3) is 22.2 Å². The Kier molecular flexibility index (Phi) is 6.66. The summed E-state index contributed by atoms with van der Waals surface area (Å²) >= 11 is 6.53. The van der Waals surface area contributed by atoms with Crippen molar-refractivity contribution in [2.24, 2.45) is 0 Å². The molecular formula is C27H21ClF3N5O2. The molecular weight excluding hydrogens is 519 g/mol. The monoisotopic (exact) mass is 539 g/mol. The van der Waals surface area contributed by atoms with Crippen molar-refractivity contribution in [3.63, 3.8) is 0 Å². The maximum absolute atomic E-state index is 13.3. The number of hydrogen-bond donors (Lipinski definition) is 1. The van der Waals surface area contributed by atoms with Gasteiger partial charge in [0.2, 0.25) is 0 Å². The van der Waals surface area contributed by atoms with Crippen LogP contribution in [-0.2, 0) is 19.3 Å². The Morgan fingerprint density at radius 1 is 1.05 bits per heavy atom. The highest BCUT2D eigenvalue weighted by molar-refractivity contribution is 6.31. The number of alkyl halides is 3. The number of rotatable bonds is 6. The summed E-state index contributed by atoms with van der Waals surface area (Å²) in [5.74, 6) is 0.488. The van der Waals surface area contributed by atoms with Crippen molar-refractivity contribution >= 4 is 22.5 Å². The second-order valence-corrected chi connectivity index (χ2v) is 9.14. The molecule has 4 aromatic heterocycles. The van der Waals surface area contributed by atoms with Gasteiger partial charge < -0.3 is 9.30 Å². The van der Waals surface area contributed by atoms with E-state index in [1.54, 1.807) is 25.3 Å². The molecule has 0 spiro atoms. The van der Waals surface area contributed by atoms with E-state index in [4.69, 9.17) is 16.3 Å². The van der Waals surface area contributed by atoms with E-state index in [0.717, 1.165) is 33.0 Å². The van der Waals surface area contributed by atoms with Crippen LogP contribution in [0.5, 0.6) is 5.75 Å². The quantitative estimate of drug-likeness (QED) is 0.282. The fraction of sp³-hybridized carbons (Fsp3) is 0.185. The highest BCUT2D eigenvalue weighted by atomic mass is 35.5. The van der Waals surface area contributed by atoms with Crippen LogP contribution in [0.4, 0.5) is 13.2 Å². The van der Waals surface area contributed by atoms with Crippen LogP contribution < -0.4 is 10.3 Å². The Labute approximate surface area is 219 Å². The van der Waals surface area contributed by atoms with Crippen molar-refractivity contribution in [2.45, 2.75) is 33.2 Å². The summed E-state index contributed by atoms with van der Waals surface area (Å²) in [6.07, 6.45) is -1.74. The first-order valence-electron chi connectivity index (χ1n) is 11.6. The zero-order valence-corrected chi connectivity index (χ0v) is 21.1. The largest absolute Gasteiger partial charge is 0.486 e. The third kappa shape index (κ3) is 4.99. The maximum Gasteiger partial charge on any atom is 0.421 e. The third-order valence-corrected chi connectivity index (χ3v) is 6.35. The zero-order valence-electron chi connectivity index (χ0n) is 20.3. The smallest absolute Gasteiger partial charge is 0.421 e. The minimum absolute atomic E-state index is 0.0400. The van der Waals surface area contributed by atoms with E-state index in [1.165, 1.54) is 12.3 Å².